The number of amides is 2. The van der Waals surface area contributed by atoms with Gasteiger partial charge in [-0.15, -0.1) is 10.2 Å². The molecule has 1 aliphatic heterocycles. The number of piperazine rings is 1. The molecule has 3 aromatic rings. The van der Waals surface area contributed by atoms with Crippen molar-refractivity contribution in [1.29, 1.82) is 0 Å². The van der Waals surface area contributed by atoms with Crippen LogP contribution in [-0.2, 0) is 9.59 Å². The third kappa shape index (κ3) is 8.44. The number of benzene rings is 2. The van der Waals surface area contributed by atoms with Crippen molar-refractivity contribution in [3.8, 4) is 17.1 Å². The standard InChI is InChI=1S/C33H45N5O2S/c1-24-14-16-28(17-15-24)38-31(27-11-8-7-9-12-27)34-35-32(38)41-20-10-13-29(39)36-18-19-37(26(3)23-36)30(40)21-25(2)22-33(4,5)6/h7-9,11-12,14-17,25-26H,10,13,18-23H2,1-6H3. The molecule has 2 heterocycles. The van der Waals surface area contributed by atoms with E-state index < -0.39 is 0 Å². The second-order valence-corrected chi connectivity index (χ2v) is 13.7. The zero-order valence-electron chi connectivity index (χ0n) is 25.5. The Morgan fingerprint density at radius 2 is 1.71 bits per heavy atom. The summed E-state index contributed by atoms with van der Waals surface area (Å²) in [4.78, 5) is 29.9. The van der Waals surface area contributed by atoms with Crippen molar-refractivity contribution in [2.45, 2.75) is 78.4 Å². The first-order valence-corrected chi connectivity index (χ1v) is 15.8. The molecule has 8 heteroatoms. The predicted octanol–water partition coefficient (Wildman–Crippen LogP) is 6.64. The van der Waals surface area contributed by atoms with Crippen molar-refractivity contribution in [3.05, 3.63) is 60.2 Å². The lowest BCUT2D eigenvalue weighted by molar-refractivity contribution is -0.143. The molecule has 0 spiro atoms. The van der Waals surface area contributed by atoms with Crippen LogP contribution in [0.5, 0.6) is 0 Å². The van der Waals surface area contributed by atoms with E-state index in [-0.39, 0.29) is 23.3 Å². The molecule has 4 rings (SSSR count). The molecule has 0 saturated carbocycles. The second-order valence-electron chi connectivity index (χ2n) is 12.6. The number of carbonyl (C=O) groups excluding carboxylic acids is 2. The van der Waals surface area contributed by atoms with Crippen LogP contribution in [0.3, 0.4) is 0 Å². The SMILES string of the molecule is Cc1ccc(-n2c(SCCCC(=O)N3CCN(C(=O)CC(C)CC(C)(C)C)C(C)C3)nnc2-c2ccccc2)cc1. The van der Waals surface area contributed by atoms with E-state index in [2.05, 4.69) is 80.6 Å². The topological polar surface area (TPSA) is 71.3 Å². The van der Waals surface area contributed by atoms with E-state index in [1.54, 1.807) is 11.8 Å². The number of hydrogen-bond acceptors (Lipinski definition) is 5. The third-order valence-electron chi connectivity index (χ3n) is 7.51. The summed E-state index contributed by atoms with van der Waals surface area (Å²) >= 11 is 1.63. The zero-order chi connectivity index (χ0) is 29.6. The summed E-state index contributed by atoms with van der Waals surface area (Å²) in [6.07, 6.45) is 2.84. The number of carbonyl (C=O) groups is 2. The van der Waals surface area contributed by atoms with Crippen molar-refractivity contribution < 1.29 is 9.59 Å². The van der Waals surface area contributed by atoms with Crippen LogP contribution in [0.4, 0.5) is 0 Å². The van der Waals surface area contributed by atoms with Crippen LogP contribution in [-0.4, -0.2) is 67.8 Å². The molecule has 7 nitrogen and oxygen atoms in total. The summed E-state index contributed by atoms with van der Waals surface area (Å²) in [5.41, 5.74) is 3.45. The maximum absolute atomic E-state index is 13.1. The summed E-state index contributed by atoms with van der Waals surface area (Å²) in [7, 11) is 0. The molecule has 0 N–H and O–H groups in total. The molecule has 220 valence electrons. The number of hydrogen-bond donors (Lipinski definition) is 0. The van der Waals surface area contributed by atoms with Gasteiger partial charge in [-0.05, 0) is 50.2 Å². The maximum atomic E-state index is 13.1. The van der Waals surface area contributed by atoms with Gasteiger partial charge in [0, 0.05) is 55.5 Å². The molecule has 1 aromatic heterocycles. The summed E-state index contributed by atoms with van der Waals surface area (Å²) in [6, 6.07) is 18.5. The van der Waals surface area contributed by atoms with Crippen LogP contribution in [0.1, 0.15) is 65.9 Å². The fraction of sp³-hybridized carbons (Fsp3) is 0.515. The minimum atomic E-state index is 0.0425. The normalized spacial score (nSPS) is 16.6. The Morgan fingerprint density at radius 3 is 2.37 bits per heavy atom. The van der Waals surface area contributed by atoms with Gasteiger partial charge in [0.2, 0.25) is 11.8 Å². The lowest BCUT2D eigenvalue weighted by Gasteiger charge is -2.40. The molecule has 2 aromatic carbocycles. The third-order valence-corrected chi connectivity index (χ3v) is 8.52. The van der Waals surface area contributed by atoms with Gasteiger partial charge in [0.05, 0.1) is 0 Å². The van der Waals surface area contributed by atoms with E-state index >= 15 is 0 Å². The van der Waals surface area contributed by atoms with Crippen molar-refractivity contribution in [2.24, 2.45) is 11.3 Å². The number of aryl methyl sites for hydroxylation is 1. The average molecular weight is 576 g/mol. The molecule has 2 amide bonds. The monoisotopic (exact) mass is 575 g/mol. The van der Waals surface area contributed by atoms with E-state index in [4.69, 9.17) is 0 Å². The Hall–Kier alpha value is -3.13. The molecule has 0 bridgehead atoms. The smallest absolute Gasteiger partial charge is 0.223 e. The van der Waals surface area contributed by atoms with Crippen molar-refractivity contribution in [2.75, 3.05) is 25.4 Å². The molecule has 1 fully saturated rings. The van der Waals surface area contributed by atoms with Crippen LogP contribution >= 0.6 is 11.8 Å². The summed E-state index contributed by atoms with van der Waals surface area (Å²) < 4.78 is 2.10. The average Bonchev–Trinajstić information content (AvgIpc) is 3.34. The van der Waals surface area contributed by atoms with Crippen LogP contribution in [0.2, 0.25) is 0 Å². The van der Waals surface area contributed by atoms with E-state index in [1.807, 2.05) is 40.1 Å². The number of thioether (sulfide) groups is 1. The predicted molar refractivity (Wildman–Crippen MR) is 167 cm³/mol. The van der Waals surface area contributed by atoms with Gasteiger partial charge in [-0.1, -0.05) is 87.5 Å². The highest BCUT2D eigenvalue weighted by atomic mass is 32.2. The molecule has 1 saturated heterocycles. The number of nitrogens with zero attached hydrogens (tertiary/aromatic N) is 5. The quantitative estimate of drug-likeness (QED) is 0.200. The Bertz CT molecular complexity index is 1300. The van der Waals surface area contributed by atoms with Gasteiger partial charge in [0.15, 0.2) is 11.0 Å². The van der Waals surface area contributed by atoms with E-state index in [0.717, 1.165) is 40.8 Å². The fourth-order valence-corrected chi connectivity index (χ4v) is 6.59. The lowest BCUT2D eigenvalue weighted by atomic mass is 9.84. The fourth-order valence-electron chi connectivity index (χ4n) is 5.70. The van der Waals surface area contributed by atoms with E-state index in [1.165, 1.54) is 5.56 Å². The van der Waals surface area contributed by atoms with Gasteiger partial charge in [-0.25, -0.2) is 0 Å². The molecule has 1 aliphatic rings. The largest absolute Gasteiger partial charge is 0.339 e. The van der Waals surface area contributed by atoms with Crippen molar-refractivity contribution in [3.63, 3.8) is 0 Å². The van der Waals surface area contributed by atoms with E-state index in [9.17, 15) is 9.59 Å². The first-order valence-electron chi connectivity index (χ1n) is 14.8. The van der Waals surface area contributed by atoms with Crippen molar-refractivity contribution in [1.82, 2.24) is 24.6 Å². The molecule has 0 radical (unpaired) electrons. The van der Waals surface area contributed by atoms with Gasteiger partial charge in [-0.2, -0.15) is 0 Å². The van der Waals surface area contributed by atoms with Gasteiger partial charge in [0.1, 0.15) is 0 Å². The Labute approximate surface area is 249 Å². The van der Waals surface area contributed by atoms with Crippen LogP contribution in [0, 0.1) is 18.3 Å². The highest BCUT2D eigenvalue weighted by Gasteiger charge is 2.30. The van der Waals surface area contributed by atoms with E-state index in [0.29, 0.717) is 38.4 Å². The summed E-state index contributed by atoms with van der Waals surface area (Å²) in [5, 5.41) is 9.86. The summed E-state index contributed by atoms with van der Waals surface area (Å²) in [5.74, 6) is 2.31. The summed E-state index contributed by atoms with van der Waals surface area (Å²) in [6.45, 7) is 14.8. The molecular formula is C33H45N5O2S. The maximum Gasteiger partial charge on any atom is 0.223 e. The Balaban J connectivity index is 1.30. The molecule has 2 atom stereocenters. The van der Waals surface area contributed by atoms with Crippen LogP contribution < -0.4 is 0 Å². The molecule has 41 heavy (non-hydrogen) atoms. The molecular weight excluding hydrogens is 530 g/mol. The first kappa shape index (κ1) is 30.8. The Morgan fingerprint density at radius 1 is 1.00 bits per heavy atom. The van der Waals surface area contributed by atoms with Crippen LogP contribution in [0.15, 0.2) is 59.8 Å². The Kier molecular flexibility index (Phi) is 10.3. The zero-order valence-corrected chi connectivity index (χ0v) is 26.3. The minimum Gasteiger partial charge on any atom is -0.339 e. The highest BCUT2D eigenvalue weighted by molar-refractivity contribution is 7.99. The second kappa shape index (κ2) is 13.7. The number of aromatic nitrogens is 3. The van der Waals surface area contributed by atoms with Crippen molar-refractivity contribution >= 4 is 23.6 Å². The van der Waals surface area contributed by atoms with Gasteiger partial charge in [0.25, 0.3) is 0 Å². The lowest BCUT2D eigenvalue weighted by Crippen LogP contribution is -2.55. The first-order chi connectivity index (χ1) is 19.5. The van der Waals surface area contributed by atoms with Gasteiger partial charge < -0.3 is 9.80 Å². The van der Waals surface area contributed by atoms with Gasteiger partial charge in [-0.3, -0.25) is 14.2 Å². The van der Waals surface area contributed by atoms with Crippen LogP contribution in [0.25, 0.3) is 17.1 Å². The molecule has 0 aliphatic carbocycles. The number of rotatable bonds is 10. The highest BCUT2D eigenvalue weighted by Crippen LogP contribution is 2.29. The minimum absolute atomic E-state index is 0.0425. The van der Waals surface area contributed by atoms with Gasteiger partial charge >= 0.3 is 0 Å². The molecule has 2 unspecified atom stereocenters.